The Balaban J connectivity index is 2.21. The van der Waals surface area contributed by atoms with Crippen LogP contribution in [0, 0.1) is 0 Å². The first-order valence-corrected chi connectivity index (χ1v) is 7.48. The van der Waals surface area contributed by atoms with Crippen LogP contribution in [-0.2, 0) is 4.79 Å². The van der Waals surface area contributed by atoms with Crippen LogP contribution in [0.3, 0.4) is 0 Å². The number of hydrogen-bond acceptors (Lipinski definition) is 3. The van der Waals surface area contributed by atoms with E-state index in [1.54, 1.807) is 6.08 Å². The molecule has 5 nitrogen and oxygen atoms in total. The molecule has 0 bridgehead atoms. The highest BCUT2D eigenvalue weighted by Gasteiger charge is 2.29. The average Bonchev–Trinajstić information content (AvgIpc) is 2.69. The molecule has 0 saturated carbocycles. The number of rotatable bonds is 4. The van der Waals surface area contributed by atoms with Crippen LogP contribution in [0.25, 0.3) is 6.08 Å². The van der Waals surface area contributed by atoms with Crippen LogP contribution in [0.15, 0.2) is 28.4 Å². The molecule has 1 fully saturated rings. The molecule has 1 aromatic carbocycles. The molecule has 2 rings (SSSR count). The summed E-state index contributed by atoms with van der Waals surface area (Å²) < 4.78 is 6.57. The van der Waals surface area contributed by atoms with Gasteiger partial charge in [-0.2, -0.15) is 0 Å². The van der Waals surface area contributed by atoms with Gasteiger partial charge < -0.3 is 10.1 Å². The Morgan fingerprint density at radius 1 is 1.43 bits per heavy atom. The molecule has 1 N–H and O–H groups in total. The monoisotopic (exact) mass is 352 g/mol. The van der Waals surface area contributed by atoms with Gasteiger partial charge in [-0.3, -0.25) is 9.69 Å². The van der Waals surface area contributed by atoms with Gasteiger partial charge in [-0.15, -0.1) is 0 Å². The Bertz CT molecular complexity index is 613. The molecule has 1 atom stereocenters. The van der Waals surface area contributed by atoms with Crippen LogP contribution >= 0.6 is 15.9 Å². The molecule has 1 aliphatic rings. The number of carbonyl (C=O) groups is 2. The van der Waals surface area contributed by atoms with Gasteiger partial charge >= 0.3 is 6.03 Å². The number of likely N-dealkylation sites (N-methyl/N-ethyl adjacent to an activating group) is 1. The molecular formula is C15H17BrN2O3. The number of urea groups is 1. The summed E-state index contributed by atoms with van der Waals surface area (Å²) in [6.45, 7) is 4.06. The number of ether oxygens (including phenoxy) is 1. The van der Waals surface area contributed by atoms with E-state index in [2.05, 4.69) is 28.2 Å². The standard InChI is InChI=1S/C15H17BrN2O3/c1-4-9(2)21-13-6-5-10(7-11(13)16)8-12-14(19)18(3)15(20)17-12/h5-9H,4H2,1-3H3,(H,17,20)/b12-8+/t9-/m0/s1. The van der Waals surface area contributed by atoms with E-state index in [0.29, 0.717) is 0 Å². The van der Waals surface area contributed by atoms with Gasteiger partial charge in [0.1, 0.15) is 11.4 Å². The fourth-order valence-electron chi connectivity index (χ4n) is 1.79. The van der Waals surface area contributed by atoms with Crippen LogP contribution in [0.2, 0.25) is 0 Å². The minimum atomic E-state index is -0.415. The van der Waals surface area contributed by atoms with E-state index < -0.39 is 6.03 Å². The smallest absolute Gasteiger partial charge is 0.328 e. The third-order valence-corrected chi connectivity index (χ3v) is 3.87. The second-order valence-electron chi connectivity index (χ2n) is 4.88. The molecular weight excluding hydrogens is 336 g/mol. The number of amides is 3. The molecule has 3 amide bonds. The summed E-state index contributed by atoms with van der Waals surface area (Å²) in [4.78, 5) is 24.2. The van der Waals surface area contributed by atoms with Crippen molar-refractivity contribution in [3.05, 3.63) is 33.9 Å². The highest BCUT2D eigenvalue weighted by atomic mass is 79.9. The van der Waals surface area contributed by atoms with Crippen molar-refractivity contribution in [2.24, 2.45) is 0 Å². The van der Waals surface area contributed by atoms with Gasteiger partial charge in [-0.25, -0.2) is 4.79 Å². The second kappa shape index (κ2) is 6.30. The van der Waals surface area contributed by atoms with Gasteiger partial charge in [0.2, 0.25) is 0 Å². The van der Waals surface area contributed by atoms with Crippen LogP contribution in [0.1, 0.15) is 25.8 Å². The number of carbonyl (C=O) groups excluding carboxylic acids is 2. The van der Waals surface area contributed by atoms with Crippen LogP contribution in [0.4, 0.5) is 4.79 Å². The normalized spacial score (nSPS) is 18.1. The zero-order valence-electron chi connectivity index (χ0n) is 12.1. The summed E-state index contributed by atoms with van der Waals surface area (Å²) in [5.74, 6) is 0.418. The molecule has 1 saturated heterocycles. The third kappa shape index (κ3) is 3.44. The van der Waals surface area contributed by atoms with E-state index in [0.717, 1.165) is 27.1 Å². The highest BCUT2D eigenvalue weighted by molar-refractivity contribution is 9.10. The van der Waals surface area contributed by atoms with Crippen molar-refractivity contribution < 1.29 is 14.3 Å². The third-order valence-electron chi connectivity index (χ3n) is 3.25. The lowest BCUT2D eigenvalue weighted by Crippen LogP contribution is -2.25. The van der Waals surface area contributed by atoms with Crippen molar-refractivity contribution >= 4 is 33.9 Å². The molecule has 1 heterocycles. The summed E-state index contributed by atoms with van der Waals surface area (Å²) in [7, 11) is 1.44. The molecule has 1 aromatic rings. The summed E-state index contributed by atoms with van der Waals surface area (Å²) in [5, 5.41) is 2.53. The molecule has 1 aliphatic heterocycles. The minimum absolute atomic E-state index is 0.134. The molecule has 112 valence electrons. The average molecular weight is 353 g/mol. The number of nitrogens with zero attached hydrogens (tertiary/aromatic N) is 1. The van der Waals surface area contributed by atoms with Gasteiger partial charge in [0.05, 0.1) is 10.6 Å². The quantitative estimate of drug-likeness (QED) is 0.668. The SMILES string of the molecule is CC[C@H](C)Oc1ccc(/C=C2/NC(=O)N(C)C2=O)cc1Br. The Hall–Kier alpha value is -1.82. The Morgan fingerprint density at radius 3 is 2.67 bits per heavy atom. The zero-order chi connectivity index (χ0) is 15.6. The van der Waals surface area contributed by atoms with E-state index in [-0.39, 0.29) is 17.7 Å². The van der Waals surface area contributed by atoms with Crippen molar-refractivity contribution in [1.29, 1.82) is 0 Å². The lowest BCUT2D eigenvalue weighted by molar-refractivity contribution is -0.121. The fraction of sp³-hybridized carbons (Fsp3) is 0.333. The molecule has 0 aromatic heterocycles. The van der Waals surface area contributed by atoms with E-state index in [4.69, 9.17) is 4.74 Å². The maximum absolute atomic E-state index is 11.8. The minimum Gasteiger partial charge on any atom is -0.490 e. The van der Waals surface area contributed by atoms with E-state index in [1.807, 2.05) is 25.1 Å². The van der Waals surface area contributed by atoms with E-state index in [9.17, 15) is 9.59 Å². The van der Waals surface area contributed by atoms with Crippen molar-refractivity contribution in [3.8, 4) is 5.75 Å². The van der Waals surface area contributed by atoms with E-state index >= 15 is 0 Å². The second-order valence-corrected chi connectivity index (χ2v) is 5.73. The number of imide groups is 1. The lowest BCUT2D eigenvalue weighted by atomic mass is 10.2. The molecule has 0 spiro atoms. The summed E-state index contributed by atoms with van der Waals surface area (Å²) >= 11 is 3.46. The summed E-state index contributed by atoms with van der Waals surface area (Å²) in [5.41, 5.74) is 1.07. The summed E-state index contributed by atoms with van der Waals surface area (Å²) in [6.07, 6.45) is 2.70. The van der Waals surface area contributed by atoms with Gasteiger partial charge in [0.15, 0.2) is 0 Å². The summed E-state index contributed by atoms with van der Waals surface area (Å²) in [6, 6.07) is 5.12. The van der Waals surface area contributed by atoms with E-state index in [1.165, 1.54) is 7.05 Å². The largest absolute Gasteiger partial charge is 0.490 e. The van der Waals surface area contributed by atoms with Crippen molar-refractivity contribution in [1.82, 2.24) is 10.2 Å². The van der Waals surface area contributed by atoms with Crippen molar-refractivity contribution in [2.75, 3.05) is 7.05 Å². The number of hydrogen-bond donors (Lipinski definition) is 1. The number of nitrogens with one attached hydrogen (secondary N) is 1. The predicted molar refractivity (Wildman–Crippen MR) is 83.8 cm³/mol. The molecule has 0 radical (unpaired) electrons. The Kier molecular flexibility index (Phi) is 4.67. The van der Waals surface area contributed by atoms with Crippen LogP contribution in [0.5, 0.6) is 5.75 Å². The maximum Gasteiger partial charge on any atom is 0.328 e. The topological polar surface area (TPSA) is 58.6 Å². The molecule has 21 heavy (non-hydrogen) atoms. The fourth-order valence-corrected chi connectivity index (χ4v) is 2.28. The first-order valence-electron chi connectivity index (χ1n) is 6.69. The van der Waals surface area contributed by atoms with Crippen molar-refractivity contribution in [2.45, 2.75) is 26.4 Å². The molecule has 0 aliphatic carbocycles. The van der Waals surface area contributed by atoms with Gasteiger partial charge in [-0.1, -0.05) is 13.0 Å². The van der Waals surface area contributed by atoms with Crippen LogP contribution in [-0.4, -0.2) is 30.0 Å². The van der Waals surface area contributed by atoms with Gasteiger partial charge in [0.25, 0.3) is 5.91 Å². The first kappa shape index (κ1) is 15.6. The number of halogens is 1. The molecule has 6 heteroatoms. The Labute approximate surface area is 132 Å². The van der Waals surface area contributed by atoms with Gasteiger partial charge in [-0.05, 0) is 53.0 Å². The van der Waals surface area contributed by atoms with Crippen LogP contribution < -0.4 is 10.1 Å². The first-order chi connectivity index (χ1) is 9.92. The highest BCUT2D eigenvalue weighted by Crippen LogP contribution is 2.28. The Morgan fingerprint density at radius 2 is 2.14 bits per heavy atom. The predicted octanol–water partition coefficient (Wildman–Crippen LogP) is 3.15. The van der Waals surface area contributed by atoms with Crippen molar-refractivity contribution in [3.63, 3.8) is 0 Å². The number of benzene rings is 1. The van der Waals surface area contributed by atoms with Gasteiger partial charge in [0, 0.05) is 7.05 Å². The maximum atomic E-state index is 11.8. The molecule has 0 unspecified atom stereocenters. The zero-order valence-corrected chi connectivity index (χ0v) is 13.7. The lowest BCUT2D eigenvalue weighted by Gasteiger charge is -2.14.